The van der Waals surface area contributed by atoms with Crippen LogP contribution in [0.3, 0.4) is 0 Å². The van der Waals surface area contributed by atoms with Crippen LogP contribution in [0.25, 0.3) is 0 Å². The molecule has 0 radical (unpaired) electrons. The first kappa shape index (κ1) is 7.56. The molecule has 0 amide bonds. The first-order valence-corrected chi connectivity index (χ1v) is 3.24. The van der Waals surface area contributed by atoms with E-state index in [4.69, 9.17) is 6.42 Å². The second kappa shape index (κ2) is 4.71. The van der Waals surface area contributed by atoms with Gasteiger partial charge >= 0.3 is 0 Å². The summed E-state index contributed by atoms with van der Waals surface area (Å²) in [7, 11) is 0. The monoisotopic (exact) mass is 110 g/mol. The highest BCUT2D eigenvalue weighted by Crippen LogP contribution is 2.07. The zero-order valence-electron chi connectivity index (χ0n) is 5.78. The molecule has 0 heteroatoms. The Kier molecular flexibility index (Phi) is 4.45. The minimum atomic E-state index is 0.727. The van der Waals surface area contributed by atoms with Gasteiger partial charge in [0.05, 0.1) is 0 Å². The lowest BCUT2D eigenvalue weighted by atomic mass is 10.0. The van der Waals surface area contributed by atoms with Crippen LogP contribution in [-0.4, -0.2) is 0 Å². The third-order valence-electron chi connectivity index (χ3n) is 1.25. The van der Waals surface area contributed by atoms with E-state index in [0.717, 1.165) is 12.3 Å². The Morgan fingerprint density at radius 2 is 2.25 bits per heavy atom. The Balaban J connectivity index is 3.08. The molecule has 0 aliphatic heterocycles. The second-order valence-corrected chi connectivity index (χ2v) is 2.30. The molecule has 0 heterocycles. The van der Waals surface area contributed by atoms with E-state index in [9.17, 15) is 0 Å². The predicted octanol–water partition coefficient (Wildman–Crippen LogP) is 2.45. The quantitative estimate of drug-likeness (QED) is 0.489. The SMILES string of the molecule is C#CCC(C)CCC. The van der Waals surface area contributed by atoms with E-state index in [1.807, 2.05) is 0 Å². The summed E-state index contributed by atoms with van der Waals surface area (Å²) in [5.74, 6) is 3.38. The van der Waals surface area contributed by atoms with Crippen LogP contribution in [0.4, 0.5) is 0 Å². The van der Waals surface area contributed by atoms with Crippen LogP contribution in [0.5, 0.6) is 0 Å². The van der Waals surface area contributed by atoms with Crippen molar-refractivity contribution in [2.24, 2.45) is 5.92 Å². The Morgan fingerprint density at radius 1 is 1.62 bits per heavy atom. The average Bonchev–Trinajstić information content (AvgIpc) is 1.68. The molecular weight excluding hydrogens is 96.1 g/mol. The van der Waals surface area contributed by atoms with Crippen LogP contribution in [0.1, 0.15) is 33.1 Å². The molecule has 0 nitrogen and oxygen atoms in total. The molecule has 0 aliphatic carbocycles. The molecule has 1 unspecified atom stereocenters. The van der Waals surface area contributed by atoms with E-state index >= 15 is 0 Å². The van der Waals surface area contributed by atoms with Gasteiger partial charge in [-0.2, -0.15) is 0 Å². The molecule has 46 valence electrons. The fourth-order valence-corrected chi connectivity index (χ4v) is 0.796. The number of hydrogen-bond donors (Lipinski definition) is 0. The normalized spacial score (nSPS) is 12.6. The smallest absolute Gasteiger partial charge is 0.0112 e. The predicted molar refractivity (Wildman–Crippen MR) is 37.5 cm³/mol. The van der Waals surface area contributed by atoms with Gasteiger partial charge in [0.25, 0.3) is 0 Å². The highest BCUT2D eigenvalue weighted by atomic mass is 14.0. The third-order valence-corrected chi connectivity index (χ3v) is 1.25. The van der Waals surface area contributed by atoms with Crippen molar-refractivity contribution in [2.45, 2.75) is 33.1 Å². The molecule has 0 bridgehead atoms. The zero-order chi connectivity index (χ0) is 6.41. The molecule has 8 heavy (non-hydrogen) atoms. The summed E-state index contributed by atoms with van der Waals surface area (Å²) >= 11 is 0. The van der Waals surface area contributed by atoms with Crippen molar-refractivity contribution in [3.05, 3.63) is 0 Å². The maximum Gasteiger partial charge on any atom is 0.0112 e. The van der Waals surface area contributed by atoms with Gasteiger partial charge < -0.3 is 0 Å². The molecule has 0 aromatic rings. The summed E-state index contributed by atoms with van der Waals surface area (Å²) in [5.41, 5.74) is 0. The lowest BCUT2D eigenvalue weighted by Crippen LogP contribution is -1.89. The summed E-state index contributed by atoms with van der Waals surface area (Å²) in [5, 5.41) is 0. The molecule has 0 saturated heterocycles. The molecule has 0 rings (SSSR count). The number of terminal acetylenes is 1. The minimum absolute atomic E-state index is 0.727. The van der Waals surface area contributed by atoms with Gasteiger partial charge in [0.1, 0.15) is 0 Å². The summed E-state index contributed by atoms with van der Waals surface area (Å²) in [4.78, 5) is 0. The number of hydrogen-bond acceptors (Lipinski definition) is 0. The van der Waals surface area contributed by atoms with Crippen molar-refractivity contribution in [3.8, 4) is 12.3 Å². The first-order chi connectivity index (χ1) is 3.81. The summed E-state index contributed by atoms with van der Waals surface area (Å²) < 4.78 is 0. The molecule has 0 aromatic heterocycles. The molecule has 0 spiro atoms. The molecule has 0 fully saturated rings. The lowest BCUT2D eigenvalue weighted by Gasteiger charge is -2.02. The van der Waals surface area contributed by atoms with Crippen molar-refractivity contribution in [1.29, 1.82) is 0 Å². The van der Waals surface area contributed by atoms with Crippen LogP contribution < -0.4 is 0 Å². The van der Waals surface area contributed by atoms with Crippen LogP contribution in [0.2, 0.25) is 0 Å². The van der Waals surface area contributed by atoms with Crippen molar-refractivity contribution in [2.75, 3.05) is 0 Å². The van der Waals surface area contributed by atoms with Gasteiger partial charge in [0.15, 0.2) is 0 Å². The van der Waals surface area contributed by atoms with Gasteiger partial charge in [-0.15, -0.1) is 12.3 Å². The van der Waals surface area contributed by atoms with Crippen LogP contribution in [-0.2, 0) is 0 Å². The fourth-order valence-electron chi connectivity index (χ4n) is 0.796. The third kappa shape index (κ3) is 3.74. The van der Waals surface area contributed by atoms with Gasteiger partial charge in [-0.3, -0.25) is 0 Å². The van der Waals surface area contributed by atoms with Crippen molar-refractivity contribution < 1.29 is 0 Å². The second-order valence-electron chi connectivity index (χ2n) is 2.30. The largest absolute Gasteiger partial charge is 0.120 e. The minimum Gasteiger partial charge on any atom is -0.120 e. The molecule has 0 aromatic carbocycles. The van der Waals surface area contributed by atoms with Crippen LogP contribution in [0, 0.1) is 18.3 Å². The Labute approximate surface area is 52.3 Å². The van der Waals surface area contributed by atoms with Gasteiger partial charge in [0.2, 0.25) is 0 Å². The van der Waals surface area contributed by atoms with Crippen molar-refractivity contribution >= 4 is 0 Å². The van der Waals surface area contributed by atoms with E-state index in [1.165, 1.54) is 12.8 Å². The van der Waals surface area contributed by atoms with E-state index in [-0.39, 0.29) is 0 Å². The Hall–Kier alpha value is -0.440. The van der Waals surface area contributed by atoms with Crippen LogP contribution >= 0.6 is 0 Å². The van der Waals surface area contributed by atoms with Crippen molar-refractivity contribution in [3.63, 3.8) is 0 Å². The maximum atomic E-state index is 5.11. The van der Waals surface area contributed by atoms with Gasteiger partial charge in [-0.25, -0.2) is 0 Å². The zero-order valence-corrected chi connectivity index (χ0v) is 5.78. The van der Waals surface area contributed by atoms with E-state index in [2.05, 4.69) is 19.8 Å². The Bertz CT molecular complexity index is 76.5. The fraction of sp³-hybridized carbons (Fsp3) is 0.750. The summed E-state index contributed by atoms with van der Waals surface area (Å²) in [6.45, 7) is 4.39. The van der Waals surface area contributed by atoms with Gasteiger partial charge in [-0.1, -0.05) is 26.7 Å². The van der Waals surface area contributed by atoms with E-state index in [0.29, 0.717) is 0 Å². The standard InChI is InChI=1S/C8H14/c1-4-6-8(3)7-5-2/h1,8H,5-7H2,2-3H3. The van der Waals surface area contributed by atoms with Crippen LogP contribution in [0.15, 0.2) is 0 Å². The highest BCUT2D eigenvalue weighted by Gasteiger charge is 1.94. The molecule has 0 N–H and O–H groups in total. The first-order valence-electron chi connectivity index (χ1n) is 3.24. The average molecular weight is 110 g/mol. The highest BCUT2D eigenvalue weighted by molar-refractivity contribution is 4.85. The summed E-state index contributed by atoms with van der Waals surface area (Å²) in [6.07, 6.45) is 8.57. The van der Waals surface area contributed by atoms with E-state index in [1.54, 1.807) is 0 Å². The molecule has 1 atom stereocenters. The Morgan fingerprint density at radius 3 is 2.62 bits per heavy atom. The van der Waals surface area contributed by atoms with Gasteiger partial charge in [0, 0.05) is 6.42 Å². The van der Waals surface area contributed by atoms with E-state index < -0.39 is 0 Å². The summed E-state index contributed by atoms with van der Waals surface area (Å²) in [6, 6.07) is 0. The molecule has 0 saturated carbocycles. The van der Waals surface area contributed by atoms with Crippen molar-refractivity contribution in [1.82, 2.24) is 0 Å². The number of rotatable bonds is 3. The lowest BCUT2D eigenvalue weighted by molar-refractivity contribution is 0.539. The molecule has 0 aliphatic rings. The topological polar surface area (TPSA) is 0 Å². The van der Waals surface area contributed by atoms with Gasteiger partial charge in [-0.05, 0) is 5.92 Å². The molecular formula is C8H14. The maximum absolute atomic E-state index is 5.11.